The van der Waals surface area contributed by atoms with Crippen LogP contribution in [0.15, 0.2) is 64.8 Å². The van der Waals surface area contributed by atoms with Gasteiger partial charge in [0.25, 0.3) is 0 Å². The van der Waals surface area contributed by atoms with Crippen LogP contribution in [0.1, 0.15) is 20.6 Å². The molecule has 0 bridgehead atoms. The molecule has 1 heterocycles. The van der Waals surface area contributed by atoms with E-state index in [4.69, 9.17) is 0 Å². The van der Waals surface area contributed by atoms with Crippen LogP contribution in [0.4, 0.5) is 0 Å². The molecular weight excluding hydrogens is 343 g/mol. The summed E-state index contributed by atoms with van der Waals surface area (Å²) in [6.07, 6.45) is 7.89. The second-order valence-electron chi connectivity index (χ2n) is 4.94. The molecule has 2 aliphatic rings. The third-order valence-electron chi connectivity index (χ3n) is 3.86. The standard InChI is InChI=1S/C18H14I/c1-2-7-14-13(6-1)12-17-15(14)8-5-9-16(17)18-10-3-4-11-19-18/h1-11,18H,12H2/q-1. The molecule has 0 nitrogen and oxygen atoms in total. The molecular formula is C18H14I-. The number of rotatable bonds is 1. The number of hydrogen-bond donors (Lipinski definition) is 0. The molecule has 0 radical (unpaired) electrons. The van der Waals surface area contributed by atoms with Gasteiger partial charge in [0.15, 0.2) is 0 Å². The molecule has 0 spiro atoms. The first-order chi connectivity index (χ1) is 9.43. The molecule has 0 saturated carbocycles. The Kier molecular flexibility index (Phi) is 2.80. The number of benzene rings is 2. The minimum atomic E-state index is 0.118. The Labute approximate surface area is 124 Å². The van der Waals surface area contributed by atoms with E-state index in [0.29, 0.717) is 3.92 Å². The maximum atomic E-state index is 2.38. The average molecular weight is 357 g/mol. The van der Waals surface area contributed by atoms with Crippen molar-refractivity contribution in [3.05, 3.63) is 81.5 Å². The molecule has 1 aliphatic heterocycles. The van der Waals surface area contributed by atoms with Crippen molar-refractivity contribution in [3.63, 3.8) is 0 Å². The van der Waals surface area contributed by atoms with Gasteiger partial charge in [0.05, 0.1) is 0 Å². The summed E-state index contributed by atoms with van der Waals surface area (Å²) in [6, 6.07) is 15.7. The Hall–Kier alpha value is -1.35. The second kappa shape index (κ2) is 4.64. The SMILES string of the molecule is C1=C[I-]C(c2cccc3c2Cc2ccccc2-3)C=C1. The van der Waals surface area contributed by atoms with E-state index in [1.165, 1.54) is 16.7 Å². The van der Waals surface area contributed by atoms with Crippen LogP contribution in [-0.4, -0.2) is 0 Å². The van der Waals surface area contributed by atoms with Crippen molar-refractivity contribution < 1.29 is 21.2 Å². The molecule has 94 valence electrons. The van der Waals surface area contributed by atoms with Crippen molar-refractivity contribution in [3.8, 4) is 11.1 Å². The van der Waals surface area contributed by atoms with Crippen molar-refractivity contribution in [1.82, 2.24) is 0 Å². The Morgan fingerprint density at radius 1 is 0.895 bits per heavy atom. The molecule has 19 heavy (non-hydrogen) atoms. The Bertz CT molecular complexity index is 695. The van der Waals surface area contributed by atoms with Crippen molar-refractivity contribution in [2.45, 2.75) is 10.3 Å². The fourth-order valence-electron chi connectivity index (χ4n) is 2.98. The molecule has 0 amide bonds. The molecule has 0 N–H and O–H groups in total. The van der Waals surface area contributed by atoms with Crippen LogP contribution in [0.5, 0.6) is 0 Å². The van der Waals surface area contributed by atoms with Crippen LogP contribution in [0.2, 0.25) is 0 Å². The van der Waals surface area contributed by atoms with Crippen LogP contribution >= 0.6 is 0 Å². The zero-order valence-corrected chi connectivity index (χ0v) is 12.7. The summed E-state index contributed by atoms with van der Waals surface area (Å²) in [7, 11) is 0. The van der Waals surface area contributed by atoms with Crippen molar-refractivity contribution in [1.29, 1.82) is 0 Å². The summed E-state index contributed by atoms with van der Waals surface area (Å²) in [4.78, 5) is 0. The van der Waals surface area contributed by atoms with E-state index in [1.807, 2.05) is 0 Å². The second-order valence-corrected chi connectivity index (χ2v) is 7.72. The number of halogens is 1. The third kappa shape index (κ3) is 1.88. The van der Waals surface area contributed by atoms with Gasteiger partial charge in [0.2, 0.25) is 0 Å². The van der Waals surface area contributed by atoms with Crippen molar-refractivity contribution >= 4 is 0 Å². The molecule has 1 atom stereocenters. The first-order valence-corrected chi connectivity index (χ1v) is 9.08. The average Bonchev–Trinajstić information content (AvgIpc) is 2.87. The van der Waals surface area contributed by atoms with Crippen molar-refractivity contribution in [2.75, 3.05) is 0 Å². The molecule has 2 aromatic rings. The number of hydrogen-bond acceptors (Lipinski definition) is 0. The molecule has 4 rings (SSSR count). The van der Waals surface area contributed by atoms with Gasteiger partial charge >= 0.3 is 124 Å². The Morgan fingerprint density at radius 2 is 1.79 bits per heavy atom. The third-order valence-corrected chi connectivity index (χ3v) is 6.55. The number of allylic oxidation sites excluding steroid dienone is 3. The zero-order chi connectivity index (χ0) is 12.7. The summed E-state index contributed by atoms with van der Waals surface area (Å²) in [5.74, 6) is 0. The van der Waals surface area contributed by atoms with E-state index in [9.17, 15) is 0 Å². The van der Waals surface area contributed by atoms with Gasteiger partial charge in [-0.1, -0.05) is 0 Å². The summed E-state index contributed by atoms with van der Waals surface area (Å²) in [6.45, 7) is 0. The van der Waals surface area contributed by atoms with Gasteiger partial charge in [0, 0.05) is 0 Å². The number of alkyl halides is 1. The van der Waals surface area contributed by atoms with Gasteiger partial charge in [-0.2, -0.15) is 0 Å². The fraction of sp³-hybridized carbons (Fsp3) is 0.111. The summed E-state index contributed by atoms with van der Waals surface area (Å²) >= 11 is 0.118. The first kappa shape index (κ1) is 11.5. The van der Waals surface area contributed by atoms with E-state index >= 15 is 0 Å². The van der Waals surface area contributed by atoms with E-state index in [1.54, 1.807) is 11.1 Å². The molecule has 2 aromatic carbocycles. The molecule has 0 fully saturated rings. The predicted molar refractivity (Wildman–Crippen MR) is 75.7 cm³/mol. The fourth-order valence-corrected chi connectivity index (χ4v) is 5.36. The summed E-state index contributed by atoms with van der Waals surface area (Å²) < 4.78 is 3.04. The first-order valence-electron chi connectivity index (χ1n) is 6.59. The maximum absolute atomic E-state index is 2.38. The van der Waals surface area contributed by atoms with Gasteiger partial charge in [-0.25, -0.2) is 0 Å². The van der Waals surface area contributed by atoms with Crippen LogP contribution in [0.25, 0.3) is 11.1 Å². The normalized spacial score (nSPS) is 19.7. The Balaban J connectivity index is 1.85. The molecule has 1 aliphatic carbocycles. The molecule has 0 saturated heterocycles. The van der Waals surface area contributed by atoms with Gasteiger partial charge < -0.3 is 0 Å². The van der Waals surface area contributed by atoms with Crippen LogP contribution in [-0.2, 0) is 6.42 Å². The van der Waals surface area contributed by atoms with Crippen molar-refractivity contribution in [2.24, 2.45) is 0 Å². The quantitative estimate of drug-likeness (QED) is 0.457. The van der Waals surface area contributed by atoms with Gasteiger partial charge in [-0.3, -0.25) is 0 Å². The molecule has 1 heteroatoms. The van der Waals surface area contributed by atoms with Gasteiger partial charge in [-0.05, 0) is 0 Å². The van der Waals surface area contributed by atoms with Crippen LogP contribution in [0, 0.1) is 0 Å². The van der Waals surface area contributed by atoms with E-state index in [2.05, 4.69) is 64.8 Å². The Morgan fingerprint density at radius 3 is 2.68 bits per heavy atom. The van der Waals surface area contributed by atoms with E-state index in [0.717, 1.165) is 6.42 Å². The minimum absolute atomic E-state index is 0.118. The predicted octanol–water partition coefficient (Wildman–Crippen LogP) is 1.47. The van der Waals surface area contributed by atoms with Gasteiger partial charge in [0.1, 0.15) is 0 Å². The monoisotopic (exact) mass is 357 g/mol. The van der Waals surface area contributed by atoms with E-state index < -0.39 is 0 Å². The van der Waals surface area contributed by atoms with Crippen LogP contribution < -0.4 is 21.2 Å². The zero-order valence-electron chi connectivity index (χ0n) is 10.5. The van der Waals surface area contributed by atoms with Crippen LogP contribution in [0.3, 0.4) is 0 Å². The summed E-state index contributed by atoms with van der Waals surface area (Å²) in [5, 5.41) is 0. The molecule has 0 aromatic heterocycles. The molecule has 1 unspecified atom stereocenters. The topological polar surface area (TPSA) is 0 Å². The summed E-state index contributed by atoms with van der Waals surface area (Å²) in [5.41, 5.74) is 7.50. The van der Waals surface area contributed by atoms with E-state index in [-0.39, 0.29) is 21.2 Å². The van der Waals surface area contributed by atoms with Gasteiger partial charge in [-0.15, -0.1) is 0 Å². The number of fused-ring (bicyclic) bond motifs is 3.